The van der Waals surface area contributed by atoms with Crippen molar-refractivity contribution in [3.8, 4) is 0 Å². The van der Waals surface area contributed by atoms with Crippen LogP contribution in [-0.2, 0) is 0 Å². The molecular formula is C28H43ClF2N2O4. The Kier molecular flexibility index (Phi) is 12.8. The lowest BCUT2D eigenvalue weighted by Gasteiger charge is -2.36. The fourth-order valence-electron chi connectivity index (χ4n) is 4.68. The molecule has 0 saturated heterocycles. The van der Waals surface area contributed by atoms with Crippen LogP contribution in [0.4, 0.5) is 8.78 Å². The van der Waals surface area contributed by atoms with Gasteiger partial charge in [-0.1, -0.05) is 63.5 Å². The topological polar surface area (TPSA) is 106 Å². The third kappa shape index (κ3) is 10.2. The number of alkyl halides is 2. The molecule has 1 heterocycles. The molecule has 0 amide bonds. The molecule has 1 aliphatic rings. The number of carbonyl (C=O) groups is 1. The Labute approximate surface area is 223 Å². The highest BCUT2D eigenvalue weighted by atomic mass is 35.5. The third-order valence-corrected chi connectivity index (χ3v) is 7.47. The van der Waals surface area contributed by atoms with E-state index < -0.39 is 23.6 Å². The van der Waals surface area contributed by atoms with Gasteiger partial charge in [0.15, 0.2) is 0 Å². The van der Waals surface area contributed by atoms with Gasteiger partial charge in [0.05, 0.1) is 27.8 Å². The van der Waals surface area contributed by atoms with E-state index in [0.29, 0.717) is 23.0 Å². The van der Waals surface area contributed by atoms with E-state index in [0.717, 1.165) is 13.0 Å². The van der Waals surface area contributed by atoms with Gasteiger partial charge in [0.2, 0.25) is 5.92 Å². The number of nitrogens with one attached hydrogen (secondary N) is 2. The van der Waals surface area contributed by atoms with Crippen LogP contribution in [0.25, 0.3) is 10.9 Å². The van der Waals surface area contributed by atoms with E-state index in [-0.39, 0.29) is 36.3 Å². The molecule has 1 aliphatic carbocycles. The van der Waals surface area contributed by atoms with Crippen molar-refractivity contribution in [1.82, 2.24) is 10.3 Å². The fraction of sp³-hybridized carbons (Fsp3) is 0.679. The number of aliphatic hydroxyl groups is 2. The van der Waals surface area contributed by atoms with Crippen LogP contribution in [0.5, 0.6) is 0 Å². The molecule has 0 bridgehead atoms. The van der Waals surface area contributed by atoms with Gasteiger partial charge in [-0.3, -0.25) is 0 Å². The second-order valence-corrected chi connectivity index (χ2v) is 10.7. The summed E-state index contributed by atoms with van der Waals surface area (Å²) in [4.78, 5) is 13.9. The first-order valence-corrected chi connectivity index (χ1v) is 13.9. The van der Waals surface area contributed by atoms with Crippen molar-refractivity contribution in [3.05, 3.63) is 34.5 Å². The Morgan fingerprint density at radius 2 is 1.70 bits per heavy atom. The number of rotatable bonds is 13. The van der Waals surface area contributed by atoms with Crippen LogP contribution in [0.1, 0.15) is 113 Å². The molecule has 0 aliphatic heterocycles. The van der Waals surface area contributed by atoms with Gasteiger partial charge >= 0.3 is 5.97 Å². The molecule has 1 atom stereocenters. The molecule has 2 aromatic rings. The molecule has 1 aromatic heterocycles. The summed E-state index contributed by atoms with van der Waals surface area (Å²) in [5, 5.41) is 32.8. The van der Waals surface area contributed by atoms with E-state index in [1.165, 1.54) is 51.0 Å². The highest BCUT2D eigenvalue weighted by molar-refractivity contribution is 6.38. The zero-order valence-corrected chi connectivity index (χ0v) is 22.8. The zero-order chi connectivity index (χ0) is 27.5. The number of halogens is 3. The predicted octanol–water partition coefficient (Wildman–Crippen LogP) is 7.23. The zero-order valence-electron chi connectivity index (χ0n) is 22.1. The van der Waals surface area contributed by atoms with Crippen molar-refractivity contribution in [2.75, 3.05) is 13.1 Å². The Balaban J connectivity index is 0.000000269. The van der Waals surface area contributed by atoms with Gasteiger partial charge in [-0.15, -0.1) is 0 Å². The summed E-state index contributed by atoms with van der Waals surface area (Å²) in [6.45, 7) is 5.15. The number of benzene rings is 1. The van der Waals surface area contributed by atoms with Crippen LogP contribution in [0.3, 0.4) is 0 Å². The van der Waals surface area contributed by atoms with Crippen molar-refractivity contribution >= 4 is 28.5 Å². The fourth-order valence-corrected chi connectivity index (χ4v) is 4.97. The number of hydrogen-bond acceptors (Lipinski definition) is 4. The molecule has 210 valence electrons. The summed E-state index contributed by atoms with van der Waals surface area (Å²) in [7, 11) is 0. The van der Waals surface area contributed by atoms with E-state index in [9.17, 15) is 23.8 Å². The first-order chi connectivity index (χ1) is 17.5. The largest absolute Gasteiger partial charge is 0.478 e. The molecule has 1 aromatic carbocycles. The summed E-state index contributed by atoms with van der Waals surface area (Å²) in [6.07, 6.45) is 11.2. The van der Waals surface area contributed by atoms with Crippen molar-refractivity contribution < 1.29 is 28.9 Å². The first kappa shape index (κ1) is 31.5. The van der Waals surface area contributed by atoms with E-state index >= 15 is 0 Å². The predicted molar refractivity (Wildman–Crippen MR) is 145 cm³/mol. The third-order valence-electron chi connectivity index (χ3n) is 7.06. The molecule has 0 spiro atoms. The quantitative estimate of drug-likeness (QED) is 0.171. The highest BCUT2D eigenvalue weighted by Crippen LogP contribution is 2.38. The van der Waals surface area contributed by atoms with E-state index in [1.54, 1.807) is 19.2 Å². The summed E-state index contributed by atoms with van der Waals surface area (Å²) < 4.78 is 26.1. The van der Waals surface area contributed by atoms with Crippen LogP contribution in [0, 0.1) is 0 Å². The Hall–Kier alpha value is -1.74. The summed E-state index contributed by atoms with van der Waals surface area (Å²) in [5.41, 5.74) is 0.290. The number of unbranched alkanes of at least 4 members (excludes halogenated alkanes) is 7. The number of fused-ring (bicyclic) bond motifs is 1. The highest BCUT2D eigenvalue weighted by Gasteiger charge is 2.41. The number of H-pyrrole nitrogens is 1. The molecule has 0 radical (unpaired) electrons. The van der Waals surface area contributed by atoms with Gasteiger partial charge in [-0.2, -0.15) is 0 Å². The van der Waals surface area contributed by atoms with E-state index in [4.69, 9.17) is 16.7 Å². The Bertz CT molecular complexity index is 970. The maximum absolute atomic E-state index is 13.1. The van der Waals surface area contributed by atoms with E-state index in [1.807, 2.05) is 0 Å². The van der Waals surface area contributed by atoms with Crippen molar-refractivity contribution in [2.45, 2.75) is 109 Å². The second-order valence-electron chi connectivity index (χ2n) is 10.3. The number of aromatic carboxylic acids is 1. The SMILES string of the molecule is CCCCCCCCCCNCC1(O)CCC(F)(F)CC1.C[C@@H](O)c1cc(C(=O)O)c(Cl)c2cc[nH]c12. The van der Waals surface area contributed by atoms with Crippen LogP contribution in [0.15, 0.2) is 18.3 Å². The lowest BCUT2D eigenvalue weighted by molar-refractivity contribution is -0.102. The lowest BCUT2D eigenvalue weighted by atomic mass is 9.83. The van der Waals surface area contributed by atoms with Crippen LogP contribution < -0.4 is 5.32 Å². The molecule has 9 heteroatoms. The maximum atomic E-state index is 13.1. The van der Waals surface area contributed by atoms with Gasteiger partial charge < -0.3 is 25.6 Å². The van der Waals surface area contributed by atoms with Gasteiger partial charge in [-0.05, 0) is 44.9 Å². The van der Waals surface area contributed by atoms with Crippen LogP contribution in [0.2, 0.25) is 5.02 Å². The molecular weight excluding hydrogens is 502 g/mol. The summed E-state index contributed by atoms with van der Waals surface area (Å²) in [5.74, 6) is -3.67. The monoisotopic (exact) mass is 544 g/mol. The Morgan fingerprint density at radius 1 is 1.11 bits per heavy atom. The Morgan fingerprint density at radius 3 is 2.27 bits per heavy atom. The molecule has 1 fully saturated rings. The van der Waals surface area contributed by atoms with Gasteiger partial charge in [-0.25, -0.2) is 13.6 Å². The number of aromatic nitrogens is 1. The smallest absolute Gasteiger partial charge is 0.337 e. The molecule has 3 rings (SSSR count). The molecule has 1 saturated carbocycles. The average molecular weight is 545 g/mol. The minimum Gasteiger partial charge on any atom is -0.478 e. The molecule has 5 N–H and O–H groups in total. The number of carboxylic acids is 1. The van der Waals surface area contributed by atoms with Gasteiger partial charge in [0.1, 0.15) is 0 Å². The van der Waals surface area contributed by atoms with E-state index in [2.05, 4.69) is 17.2 Å². The number of hydrogen-bond donors (Lipinski definition) is 5. The minimum atomic E-state index is -2.57. The number of aromatic amines is 1. The van der Waals surface area contributed by atoms with Crippen molar-refractivity contribution in [2.24, 2.45) is 0 Å². The summed E-state index contributed by atoms with van der Waals surface area (Å²) in [6, 6.07) is 3.09. The molecule has 0 unspecified atom stereocenters. The van der Waals surface area contributed by atoms with Crippen molar-refractivity contribution in [3.63, 3.8) is 0 Å². The first-order valence-electron chi connectivity index (χ1n) is 13.5. The molecule has 37 heavy (non-hydrogen) atoms. The standard InChI is InChI=1S/C17H33F2NO.C11H10ClNO3/c1-2-3-4-5-6-7-8-9-14-20-15-16(21)10-12-17(18,19)13-11-16;1-5(14)7-4-8(11(15)16)9(12)6-2-3-13-10(6)7/h20-21H,2-15H2,1H3;2-5,13-14H,1H3,(H,15,16)/t;5-/m.1/s1. The molecule has 6 nitrogen and oxygen atoms in total. The normalized spacial score (nSPS) is 17.3. The van der Waals surface area contributed by atoms with Crippen LogP contribution >= 0.6 is 11.6 Å². The van der Waals surface area contributed by atoms with Gasteiger partial charge in [0, 0.05) is 36.5 Å². The van der Waals surface area contributed by atoms with Gasteiger partial charge in [0.25, 0.3) is 0 Å². The average Bonchev–Trinajstić information content (AvgIpc) is 3.33. The number of aliphatic hydroxyl groups excluding tert-OH is 1. The number of carboxylic acid groups (broad SMARTS) is 1. The minimum absolute atomic E-state index is 0.00432. The second kappa shape index (κ2) is 15.0. The lowest BCUT2D eigenvalue weighted by Crippen LogP contribution is -2.46. The van der Waals surface area contributed by atoms with Crippen molar-refractivity contribution in [1.29, 1.82) is 0 Å². The maximum Gasteiger partial charge on any atom is 0.337 e. The summed E-state index contributed by atoms with van der Waals surface area (Å²) >= 11 is 5.97. The van der Waals surface area contributed by atoms with Crippen LogP contribution in [-0.4, -0.2) is 50.9 Å².